The predicted molar refractivity (Wildman–Crippen MR) is 73.6 cm³/mol. The molecule has 0 radical (unpaired) electrons. The molecule has 0 aliphatic rings. The van der Waals surface area contributed by atoms with E-state index in [9.17, 15) is 14.4 Å². The van der Waals surface area contributed by atoms with E-state index in [1.165, 1.54) is 0 Å². The number of hydrogen-bond donors (Lipinski definition) is 3. The molecular weight excluding hydrogens is 246 g/mol. The van der Waals surface area contributed by atoms with Crippen molar-refractivity contribution in [1.29, 1.82) is 0 Å². The van der Waals surface area contributed by atoms with E-state index in [0.717, 1.165) is 0 Å². The van der Waals surface area contributed by atoms with Crippen LogP contribution >= 0.6 is 0 Å². The highest BCUT2D eigenvalue weighted by Crippen LogP contribution is 1.93. The normalized spacial score (nSPS) is 15.2. The Labute approximate surface area is 114 Å². The van der Waals surface area contributed by atoms with E-state index in [4.69, 9.17) is 0 Å². The minimum Gasteiger partial charge on any atom is -0.345 e. The molecule has 0 aliphatic carbocycles. The van der Waals surface area contributed by atoms with Crippen molar-refractivity contribution in [3.63, 3.8) is 0 Å². The third-order valence-electron chi connectivity index (χ3n) is 2.85. The standard InChI is InChI=1S/C13H25N3O3/c1-6-11(17)8(3)15-13(19)10(5)16-12(18)9(4)14-7-2/h8-10,14H,6-7H2,1-5H3,(H,15,19)(H,16,18). The lowest BCUT2D eigenvalue weighted by atomic mass is 10.1. The molecule has 0 saturated carbocycles. The summed E-state index contributed by atoms with van der Waals surface area (Å²) in [6, 6.07) is -1.54. The molecule has 0 aromatic carbocycles. The van der Waals surface area contributed by atoms with Gasteiger partial charge in [-0.1, -0.05) is 13.8 Å². The molecule has 0 spiro atoms. The molecule has 0 fully saturated rings. The highest BCUT2D eigenvalue weighted by Gasteiger charge is 2.21. The smallest absolute Gasteiger partial charge is 0.242 e. The molecular formula is C13H25N3O3. The van der Waals surface area contributed by atoms with E-state index in [0.29, 0.717) is 13.0 Å². The van der Waals surface area contributed by atoms with Gasteiger partial charge in [-0.3, -0.25) is 14.4 Å². The van der Waals surface area contributed by atoms with Gasteiger partial charge in [-0.25, -0.2) is 0 Å². The van der Waals surface area contributed by atoms with Crippen molar-refractivity contribution >= 4 is 17.6 Å². The zero-order chi connectivity index (χ0) is 15.0. The van der Waals surface area contributed by atoms with Crippen LogP contribution in [0.2, 0.25) is 0 Å². The summed E-state index contributed by atoms with van der Waals surface area (Å²) in [5.41, 5.74) is 0. The van der Waals surface area contributed by atoms with Gasteiger partial charge in [-0.05, 0) is 27.3 Å². The molecule has 0 bridgehead atoms. The molecule has 6 heteroatoms. The maximum absolute atomic E-state index is 11.8. The van der Waals surface area contributed by atoms with Crippen LogP contribution in [0.1, 0.15) is 41.0 Å². The fourth-order valence-electron chi connectivity index (χ4n) is 1.53. The molecule has 0 aromatic rings. The van der Waals surface area contributed by atoms with E-state index in [1.54, 1.807) is 27.7 Å². The molecule has 0 heterocycles. The van der Waals surface area contributed by atoms with Gasteiger partial charge in [0.1, 0.15) is 6.04 Å². The van der Waals surface area contributed by atoms with Gasteiger partial charge in [0, 0.05) is 6.42 Å². The first-order chi connectivity index (χ1) is 8.83. The summed E-state index contributed by atoms with van der Waals surface area (Å²) >= 11 is 0. The first-order valence-electron chi connectivity index (χ1n) is 6.70. The van der Waals surface area contributed by atoms with Crippen LogP contribution in [-0.2, 0) is 14.4 Å². The number of likely N-dealkylation sites (N-methyl/N-ethyl adjacent to an activating group) is 1. The predicted octanol–water partition coefficient (Wildman–Crippen LogP) is -0.0271. The number of carbonyl (C=O) groups is 3. The van der Waals surface area contributed by atoms with Crippen molar-refractivity contribution in [2.75, 3.05) is 6.54 Å². The Bertz CT molecular complexity index is 331. The van der Waals surface area contributed by atoms with Crippen molar-refractivity contribution in [3.8, 4) is 0 Å². The van der Waals surface area contributed by atoms with Crippen LogP contribution in [0.25, 0.3) is 0 Å². The van der Waals surface area contributed by atoms with Gasteiger partial charge in [0.25, 0.3) is 0 Å². The number of rotatable bonds is 8. The van der Waals surface area contributed by atoms with Crippen molar-refractivity contribution in [1.82, 2.24) is 16.0 Å². The van der Waals surface area contributed by atoms with Gasteiger partial charge in [0.05, 0.1) is 12.1 Å². The monoisotopic (exact) mass is 271 g/mol. The second-order valence-corrected chi connectivity index (χ2v) is 4.56. The Balaban J connectivity index is 4.27. The summed E-state index contributed by atoms with van der Waals surface area (Å²) in [5, 5.41) is 8.14. The molecule has 3 atom stereocenters. The minimum atomic E-state index is -0.666. The topological polar surface area (TPSA) is 87.3 Å². The SMILES string of the molecule is CCNC(C)C(=O)NC(C)C(=O)NC(C)C(=O)CC. The van der Waals surface area contributed by atoms with E-state index < -0.39 is 12.1 Å². The summed E-state index contributed by atoms with van der Waals surface area (Å²) in [7, 11) is 0. The third kappa shape index (κ3) is 6.33. The lowest BCUT2D eigenvalue weighted by Gasteiger charge is -2.19. The molecule has 0 aromatic heterocycles. The fourth-order valence-corrected chi connectivity index (χ4v) is 1.53. The van der Waals surface area contributed by atoms with E-state index in [-0.39, 0.29) is 23.6 Å². The highest BCUT2D eigenvalue weighted by molar-refractivity contribution is 5.93. The maximum Gasteiger partial charge on any atom is 0.242 e. The van der Waals surface area contributed by atoms with Crippen LogP contribution in [-0.4, -0.2) is 42.3 Å². The molecule has 0 aliphatic heterocycles. The Kier molecular flexibility index (Phi) is 7.98. The zero-order valence-corrected chi connectivity index (χ0v) is 12.4. The first-order valence-corrected chi connectivity index (χ1v) is 6.70. The summed E-state index contributed by atoms with van der Waals surface area (Å²) in [5.74, 6) is -0.627. The minimum absolute atomic E-state index is 0.0344. The van der Waals surface area contributed by atoms with Gasteiger partial charge in [0.2, 0.25) is 11.8 Å². The number of Topliss-reactive ketones (excluding diaryl/α,β-unsaturated/α-hetero) is 1. The second-order valence-electron chi connectivity index (χ2n) is 4.56. The first kappa shape index (κ1) is 17.6. The molecule has 19 heavy (non-hydrogen) atoms. The van der Waals surface area contributed by atoms with Gasteiger partial charge in [-0.2, -0.15) is 0 Å². The molecule has 2 amide bonds. The van der Waals surface area contributed by atoms with E-state index in [2.05, 4.69) is 16.0 Å². The Morgan fingerprint density at radius 2 is 1.32 bits per heavy atom. The Morgan fingerprint density at radius 3 is 1.79 bits per heavy atom. The third-order valence-corrected chi connectivity index (χ3v) is 2.85. The van der Waals surface area contributed by atoms with Crippen LogP contribution in [0.15, 0.2) is 0 Å². The number of ketones is 1. The van der Waals surface area contributed by atoms with Crippen LogP contribution in [0.4, 0.5) is 0 Å². The van der Waals surface area contributed by atoms with Crippen molar-refractivity contribution in [2.45, 2.75) is 59.2 Å². The zero-order valence-electron chi connectivity index (χ0n) is 12.4. The number of hydrogen-bond acceptors (Lipinski definition) is 4. The molecule has 0 saturated heterocycles. The average molecular weight is 271 g/mol. The summed E-state index contributed by atoms with van der Waals surface area (Å²) in [4.78, 5) is 34.9. The van der Waals surface area contributed by atoms with Crippen LogP contribution in [0, 0.1) is 0 Å². The lowest BCUT2D eigenvalue weighted by molar-refractivity contribution is -0.131. The summed E-state index contributed by atoms with van der Waals surface area (Å²) in [6.07, 6.45) is 0.375. The van der Waals surface area contributed by atoms with Crippen LogP contribution in [0.5, 0.6) is 0 Å². The Hall–Kier alpha value is -1.43. The molecule has 3 N–H and O–H groups in total. The van der Waals surface area contributed by atoms with Gasteiger partial charge < -0.3 is 16.0 Å². The van der Waals surface area contributed by atoms with E-state index >= 15 is 0 Å². The largest absolute Gasteiger partial charge is 0.345 e. The van der Waals surface area contributed by atoms with Crippen LogP contribution in [0.3, 0.4) is 0 Å². The van der Waals surface area contributed by atoms with Crippen molar-refractivity contribution in [2.24, 2.45) is 0 Å². The highest BCUT2D eigenvalue weighted by atomic mass is 16.2. The average Bonchev–Trinajstić information content (AvgIpc) is 2.37. The lowest BCUT2D eigenvalue weighted by Crippen LogP contribution is -2.52. The second kappa shape index (κ2) is 8.63. The number of nitrogens with one attached hydrogen (secondary N) is 3. The molecule has 3 unspecified atom stereocenters. The summed E-state index contributed by atoms with van der Waals surface area (Å²) < 4.78 is 0. The Morgan fingerprint density at radius 1 is 0.842 bits per heavy atom. The summed E-state index contributed by atoms with van der Waals surface area (Å²) in [6.45, 7) is 9.28. The molecule has 6 nitrogen and oxygen atoms in total. The van der Waals surface area contributed by atoms with Crippen molar-refractivity contribution in [3.05, 3.63) is 0 Å². The van der Waals surface area contributed by atoms with E-state index in [1.807, 2.05) is 6.92 Å². The van der Waals surface area contributed by atoms with Gasteiger partial charge in [0.15, 0.2) is 5.78 Å². The number of amides is 2. The van der Waals surface area contributed by atoms with Gasteiger partial charge in [-0.15, -0.1) is 0 Å². The molecule has 0 rings (SSSR count). The van der Waals surface area contributed by atoms with Crippen molar-refractivity contribution < 1.29 is 14.4 Å². The van der Waals surface area contributed by atoms with Crippen LogP contribution < -0.4 is 16.0 Å². The molecule has 110 valence electrons. The van der Waals surface area contributed by atoms with Gasteiger partial charge >= 0.3 is 0 Å². The number of carbonyl (C=O) groups excluding carboxylic acids is 3. The quantitative estimate of drug-likeness (QED) is 0.578. The fraction of sp³-hybridized carbons (Fsp3) is 0.769. The maximum atomic E-state index is 11.8.